The summed E-state index contributed by atoms with van der Waals surface area (Å²) in [6.45, 7) is 12.6. The van der Waals surface area contributed by atoms with Crippen molar-refractivity contribution in [1.29, 1.82) is 5.26 Å². The first-order valence-electron chi connectivity index (χ1n) is 12.8. The maximum atomic E-state index is 13.6. The van der Waals surface area contributed by atoms with Gasteiger partial charge in [-0.1, -0.05) is 58.0 Å². The van der Waals surface area contributed by atoms with Crippen molar-refractivity contribution in [3.63, 3.8) is 0 Å². The summed E-state index contributed by atoms with van der Waals surface area (Å²) in [6.07, 6.45) is -0.457. The number of nitrogens with zero attached hydrogens (tertiary/aromatic N) is 1. The molecule has 1 unspecified atom stereocenters. The fourth-order valence-electron chi connectivity index (χ4n) is 3.76. The van der Waals surface area contributed by atoms with Gasteiger partial charge in [-0.15, -0.1) is 0 Å². The zero-order chi connectivity index (χ0) is 29.1. The average Bonchev–Trinajstić information content (AvgIpc) is 2.80. The molecule has 0 bridgehead atoms. The molecule has 0 aliphatic rings. The van der Waals surface area contributed by atoms with Gasteiger partial charge < -0.3 is 25.4 Å². The summed E-state index contributed by atoms with van der Waals surface area (Å²) in [4.78, 5) is 52.0. The van der Waals surface area contributed by atoms with Crippen LogP contribution >= 0.6 is 0 Å². The van der Waals surface area contributed by atoms with Crippen molar-refractivity contribution in [3.05, 3.63) is 35.9 Å². The Balaban J connectivity index is 3.39. The van der Waals surface area contributed by atoms with Crippen LogP contribution in [-0.4, -0.2) is 54.2 Å². The molecule has 1 aromatic carbocycles. The number of rotatable bonds is 12. The van der Waals surface area contributed by atoms with Gasteiger partial charge >= 0.3 is 12.1 Å². The van der Waals surface area contributed by atoms with Crippen molar-refractivity contribution >= 4 is 23.9 Å². The second kappa shape index (κ2) is 14.4. The van der Waals surface area contributed by atoms with E-state index in [1.54, 1.807) is 51.1 Å². The zero-order valence-electron chi connectivity index (χ0n) is 23.7. The van der Waals surface area contributed by atoms with E-state index >= 15 is 0 Å². The number of benzene rings is 1. The molecule has 3 atom stereocenters. The number of hydrogen-bond acceptors (Lipinski definition) is 7. The largest absolute Gasteiger partial charge is 0.467 e. The molecule has 3 amide bonds. The van der Waals surface area contributed by atoms with Crippen LogP contribution in [0.1, 0.15) is 66.9 Å². The average molecular weight is 531 g/mol. The number of amides is 3. The molecular weight excluding hydrogens is 488 g/mol. The summed E-state index contributed by atoms with van der Waals surface area (Å²) >= 11 is 0. The van der Waals surface area contributed by atoms with Gasteiger partial charge in [0.1, 0.15) is 23.8 Å². The predicted octanol–water partition coefficient (Wildman–Crippen LogP) is 3.25. The lowest BCUT2D eigenvalue weighted by Gasteiger charge is -2.31. The lowest BCUT2D eigenvalue weighted by Crippen LogP contribution is -2.64. The molecule has 3 N–H and O–H groups in total. The fraction of sp³-hybridized carbons (Fsp3) is 0.607. The van der Waals surface area contributed by atoms with E-state index in [4.69, 9.17) is 9.47 Å². The van der Waals surface area contributed by atoms with Gasteiger partial charge in [-0.2, -0.15) is 5.26 Å². The van der Waals surface area contributed by atoms with E-state index in [1.807, 2.05) is 33.8 Å². The molecule has 38 heavy (non-hydrogen) atoms. The van der Waals surface area contributed by atoms with Crippen molar-refractivity contribution in [3.8, 4) is 6.07 Å². The maximum absolute atomic E-state index is 13.6. The number of ether oxygens (including phenoxy) is 2. The second-order valence-corrected chi connectivity index (χ2v) is 11.2. The molecule has 0 saturated carbocycles. The van der Waals surface area contributed by atoms with E-state index in [0.29, 0.717) is 5.56 Å². The Kier molecular flexibility index (Phi) is 12.3. The van der Waals surface area contributed by atoms with Crippen LogP contribution in [0.5, 0.6) is 0 Å². The number of hydrogen-bond donors (Lipinski definition) is 3. The molecule has 10 nitrogen and oxygen atoms in total. The van der Waals surface area contributed by atoms with Crippen LogP contribution in [0, 0.1) is 23.2 Å². The molecule has 0 aliphatic heterocycles. The molecule has 210 valence electrons. The highest BCUT2D eigenvalue weighted by molar-refractivity contribution is 5.98. The highest BCUT2D eigenvalue weighted by Crippen LogP contribution is 2.18. The van der Waals surface area contributed by atoms with E-state index in [9.17, 15) is 24.4 Å². The van der Waals surface area contributed by atoms with Crippen molar-refractivity contribution in [2.45, 2.75) is 91.0 Å². The smallest absolute Gasteiger partial charge is 0.408 e. The number of nitriles is 1. The Bertz CT molecular complexity index is 997. The van der Waals surface area contributed by atoms with Gasteiger partial charge in [0.2, 0.25) is 11.4 Å². The Labute approximate surface area is 225 Å². The minimum atomic E-state index is -2.08. The third-order valence-corrected chi connectivity index (χ3v) is 5.44. The SMILES string of the molecule is COC(=O)[C@H](CC(C)C)NC(=O)C(C#N)(Cc1ccccc1)NC(=O)[C@H](CC(C)C)NC(=O)OC(C)(C)C. The Morgan fingerprint density at radius 3 is 1.95 bits per heavy atom. The lowest BCUT2D eigenvalue weighted by molar-refractivity contribution is -0.146. The summed E-state index contributed by atoms with van der Waals surface area (Å²) in [5.74, 6) is -2.21. The summed E-state index contributed by atoms with van der Waals surface area (Å²) in [5, 5.41) is 18.0. The normalized spacial score (nSPS) is 14.4. The lowest BCUT2D eigenvalue weighted by atomic mass is 9.89. The first kappa shape index (κ1) is 32.4. The van der Waals surface area contributed by atoms with E-state index < -0.39 is 47.1 Å². The Morgan fingerprint density at radius 2 is 1.47 bits per heavy atom. The third kappa shape index (κ3) is 10.8. The third-order valence-electron chi connectivity index (χ3n) is 5.44. The monoisotopic (exact) mass is 530 g/mol. The van der Waals surface area contributed by atoms with Gasteiger partial charge in [-0.05, 0) is 51.0 Å². The van der Waals surface area contributed by atoms with Crippen LogP contribution in [0.15, 0.2) is 30.3 Å². The topological polar surface area (TPSA) is 147 Å². The Hall–Kier alpha value is -3.61. The summed E-state index contributed by atoms with van der Waals surface area (Å²) in [7, 11) is 1.21. The number of esters is 1. The van der Waals surface area contributed by atoms with E-state index in [1.165, 1.54) is 7.11 Å². The first-order valence-corrected chi connectivity index (χ1v) is 12.8. The van der Waals surface area contributed by atoms with Gasteiger partial charge in [0.05, 0.1) is 7.11 Å². The standard InChI is InChI=1S/C28H42N4O6/c1-18(2)14-21(31-26(36)38-27(5,6)7)23(33)32-28(17-29,16-20-12-10-9-11-13-20)25(35)30-22(15-19(3)4)24(34)37-8/h9-13,18-19,21-22H,14-16H2,1-8H3,(H,30,35)(H,31,36)(H,32,33)/t21-,22-,28?/m0/s1. The van der Waals surface area contributed by atoms with Crippen molar-refractivity contribution < 1.29 is 28.7 Å². The van der Waals surface area contributed by atoms with Gasteiger partial charge in [0, 0.05) is 6.42 Å². The first-order chi connectivity index (χ1) is 17.6. The molecule has 0 spiro atoms. The molecular formula is C28H42N4O6. The summed E-state index contributed by atoms with van der Waals surface area (Å²) < 4.78 is 10.1. The van der Waals surface area contributed by atoms with Crippen LogP contribution < -0.4 is 16.0 Å². The number of methoxy groups -OCH3 is 1. The van der Waals surface area contributed by atoms with Crippen LogP contribution in [0.2, 0.25) is 0 Å². The van der Waals surface area contributed by atoms with Gasteiger partial charge in [-0.3, -0.25) is 9.59 Å². The minimum Gasteiger partial charge on any atom is -0.467 e. The van der Waals surface area contributed by atoms with Crippen LogP contribution in [0.4, 0.5) is 4.79 Å². The highest BCUT2D eigenvalue weighted by atomic mass is 16.6. The van der Waals surface area contributed by atoms with Gasteiger partial charge in [0.25, 0.3) is 5.91 Å². The van der Waals surface area contributed by atoms with E-state index in [0.717, 1.165) is 0 Å². The molecule has 0 fully saturated rings. The number of carbonyl (C=O) groups excluding carboxylic acids is 4. The predicted molar refractivity (Wildman–Crippen MR) is 143 cm³/mol. The van der Waals surface area contributed by atoms with Crippen LogP contribution in [0.25, 0.3) is 0 Å². The zero-order valence-corrected chi connectivity index (χ0v) is 23.7. The molecule has 1 aromatic rings. The summed E-state index contributed by atoms with van der Waals surface area (Å²) in [5.41, 5.74) is -2.25. The van der Waals surface area contributed by atoms with Crippen LogP contribution in [-0.2, 0) is 30.3 Å². The summed E-state index contributed by atoms with van der Waals surface area (Å²) in [6, 6.07) is 8.61. The van der Waals surface area contributed by atoms with Crippen molar-refractivity contribution in [2.75, 3.05) is 7.11 Å². The van der Waals surface area contributed by atoms with Crippen molar-refractivity contribution in [1.82, 2.24) is 16.0 Å². The second-order valence-electron chi connectivity index (χ2n) is 11.2. The Morgan fingerprint density at radius 1 is 0.921 bits per heavy atom. The number of nitrogens with one attached hydrogen (secondary N) is 3. The number of alkyl carbamates (subject to hydrolysis) is 1. The minimum absolute atomic E-state index is 0.00475. The molecule has 0 radical (unpaired) electrons. The molecule has 0 saturated heterocycles. The van der Waals surface area contributed by atoms with Crippen molar-refractivity contribution in [2.24, 2.45) is 11.8 Å². The molecule has 1 rings (SSSR count). The maximum Gasteiger partial charge on any atom is 0.408 e. The molecule has 0 aromatic heterocycles. The fourth-order valence-corrected chi connectivity index (χ4v) is 3.76. The quantitative estimate of drug-likeness (QED) is 0.352. The van der Waals surface area contributed by atoms with E-state index in [-0.39, 0.29) is 31.1 Å². The van der Waals surface area contributed by atoms with Gasteiger partial charge in [-0.25, -0.2) is 9.59 Å². The molecule has 0 heterocycles. The molecule has 0 aliphatic carbocycles. The molecule has 10 heteroatoms. The van der Waals surface area contributed by atoms with E-state index in [2.05, 4.69) is 16.0 Å². The van der Waals surface area contributed by atoms with Gasteiger partial charge in [0.15, 0.2) is 0 Å². The van der Waals surface area contributed by atoms with Crippen LogP contribution in [0.3, 0.4) is 0 Å². The highest BCUT2D eigenvalue weighted by Gasteiger charge is 2.44. The number of carbonyl (C=O) groups is 4.